The maximum atomic E-state index is 12.9. The second-order valence-corrected chi connectivity index (χ2v) is 7.07. The van der Waals surface area contributed by atoms with Crippen LogP contribution in [0.4, 0.5) is 5.95 Å². The largest absolute Gasteiger partial charge is 0.355 e. The Hall–Kier alpha value is -2.70. The number of ketones is 1. The zero-order valence-electron chi connectivity index (χ0n) is 15.9. The minimum atomic E-state index is -0.168. The Kier molecular flexibility index (Phi) is 4.80. The number of Topliss-reactive ketones (excluding diaryl/α,β-unsaturated/α-hetero) is 1. The summed E-state index contributed by atoms with van der Waals surface area (Å²) in [7, 11) is 3.82. The van der Waals surface area contributed by atoms with Crippen molar-refractivity contribution >= 4 is 17.6 Å². The van der Waals surface area contributed by atoms with Gasteiger partial charge in [-0.3, -0.25) is 9.59 Å². The van der Waals surface area contributed by atoms with Gasteiger partial charge in [-0.2, -0.15) is 0 Å². The van der Waals surface area contributed by atoms with Gasteiger partial charge in [0.05, 0.1) is 23.0 Å². The van der Waals surface area contributed by atoms with Crippen LogP contribution in [0.15, 0.2) is 6.20 Å². The third kappa shape index (κ3) is 3.21. The van der Waals surface area contributed by atoms with Crippen LogP contribution in [0.2, 0.25) is 0 Å². The SMILES string of the molecule is CC(=O)c1[nH]c(C)c(C(=O)N[C@H]2CCCc3nc(N(C)C)ncc32)c1C. The van der Waals surface area contributed by atoms with Crippen molar-refractivity contribution in [3.8, 4) is 0 Å². The summed E-state index contributed by atoms with van der Waals surface area (Å²) in [5, 5.41) is 3.11. The van der Waals surface area contributed by atoms with Gasteiger partial charge in [0.1, 0.15) is 0 Å². The zero-order chi connectivity index (χ0) is 19.0. The van der Waals surface area contributed by atoms with Crippen LogP contribution in [0.5, 0.6) is 0 Å². The number of fused-ring (bicyclic) bond motifs is 1. The number of aryl methyl sites for hydroxylation is 2. The number of nitrogens with zero attached hydrogens (tertiary/aromatic N) is 3. The zero-order valence-corrected chi connectivity index (χ0v) is 15.9. The van der Waals surface area contributed by atoms with E-state index in [0.717, 1.165) is 30.5 Å². The fourth-order valence-electron chi connectivity index (χ4n) is 3.57. The lowest BCUT2D eigenvalue weighted by molar-refractivity contribution is 0.0931. The summed E-state index contributed by atoms with van der Waals surface area (Å²) < 4.78 is 0. The van der Waals surface area contributed by atoms with Crippen molar-refractivity contribution in [3.63, 3.8) is 0 Å². The third-order valence-electron chi connectivity index (χ3n) is 4.89. The molecule has 0 fully saturated rings. The number of aromatic nitrogens is 3. The van der Waals surface area contributed by atoms with E-state index in [2.05, 4.69) is 20.3 Å². The van der Waals surface area contributed by atoms with E-state index in [-0.39, 0.29) is 17.7 Å². The first-order valence-electron chi connectivity index (χ1n) is 8.83. The molecule has 0 bridgehead atoms. The molecule has 7 heteroatoms. The molecule has 1 atom stereocenters. The average molecular weight is 355 g/mol. The van der Waals surface area contributed by atoms with Crippen LogP contribution in [0.1, 0.15) is 69.2 Å². The molecular formula is C19H25N5O2. The van der Waals surface area contributed by atoms with E-state index in [9.17, 15) is 9.59 Å². The van der Waals surface area contributed by atoms with Crippen LogP contribution in [0.3, 0.4) is 0 Å². The molecule has 0 saturated carbocycles. The molecule has 0 radical (unpaired) electrons. The normalized spacial score (nSPS) is 16.1. The van der Waals surface area contributed by atoms with Crippen molar-refractivity contribution in [3.05, 3.63) is 40.0 Å². The molecular weight excluding hydrogens is 330 g/mol. The summed E-state index contributed by atoms with van der Waals surface area (Å²) in [4.78, 5) is 38.5. The fourth-order valence-corrected chi connectivity index (χ4v) is 3.57. The summed E-state index contributed by atoms with van der Waals surface area (Å²) in [5.41, 5.74) is 4.42. The van der Waals surface area contributed by atoms with Gasteiger partial charge in [-0.15, -0.1) is 0 Å². The van der Waals surface area contributed by atoms with Crippen molar-refractivity contribution < 1.29 is 9.59 Å². The van der Waals surface area contributed by atoms with Crippen LogP contribution in [0, 0.1) is 13.8 Å². The molecule has 1 aliphatic carbocycles. The van der Waals surface area contributed by atoms with Crippen molar-refractivity contribution in [2.24, 2.45) is 0 Å². The molecule has 0 unspecified atom stereocenters. The highest BCUT2D eigenvalue weighted by atomic mass is 16.2. The van der Waals surface area contributed by atoms with E-state index < -0.39 is 0 Å². The standard InChI is InChI=1S/C19H25N5O2/c1-10-16(11(2)21-17(10)12(3)25)18(26)22-14-7-6-8-15-13(14)9-20-19(23-15)24(4)5/h9,14,21H,6-8H2,1-5H3,(H,22,26)/t14-/m0/s1. The highest BCUT2D eigenvalue weighted by molar-refractivity contribution is 6.02. The van der Waals surface area contributed by atoms with Gasteiger partial charge >= 0.3 is 0 Å². The number of carbonyl (C=O) groups excluding carboxylic acids is 2. The molecule has 3 rings (SSSR count). The summed E-state index contributed by atoms with van der Waals surface area (Å²) in [6.45, 7) is 5.11. The first-order valence-corrected chi connectivity index (χ1v) is 8.83. The van der Waals surface area contributed by atoms with Gasteiger partial charge in [-0.05, 0) is 38.7 Å². The summed E-state index contributed by atoms with van der Waals surface area (Å²) in [5.74, 6) is 0.440. The van der Waals surface area contributed by atoms with Gasteiger partial charge in [0.15, 0.2) is 5.78 Å². The second-order valence-electron chi connectivity index (χ2n) is 7.07. The Morgan fingerprint density at radius 2 is 2.04 bits per heavy atom. The molecule has 26 heavy (non-hydrogen) atoms. The molecule has 1 amide bonds. The molecule has 0 aromatic carbocycles. The Bertz CT molecular complexity index is 869. The van der Waals surface area contributed by atoms with Crippen LogP contribution in [0.25, 0.3) is 0 Å². The fraction of sp³-hybridized carbons (Fsp3) is 0.474. The predicted molar refractivity (Wildman–Crippen MR) is 99.8 cm³/mol. The predicted octanol–water partition coefficient (Wildman–Crippen LogP) is 2.50. The summed E-state index contributed by atoms with van der Waals surface area (Å²) in [6.07, 6.45) is 4.53. The first kappa shape index (κ1) is 18.1. The van der Waals surface area contributed by atoms with E-state index in [1.54, 1.807) is 6.92 Å². The Morgan fingerprint density at radius 3 is 2.65 bits per heavy atom. The molecule has 0 spiro atoms. The minimum absolute atomic E-state index is 0.0720. The summed E-state index contributed by atoms with van der Waals surface area (Å²) >= 11 is 0. The topological polar surface area (TPSA) is 91.0 Å². The Morgan fingerprint density at radius 1 is 1.31 bits per heavy atom. The molecule has 138 valence electrons. The van der Waals surface area contributed by atoms with Crippen LogP contribution < -0.4 is 10.2 Å². The van der Waals surface area contributed by atoms with E-state index in [4.69, 9.17) is 0 Å². The van der Waals surface area contributed by atoms with Gasteiger partial charge in [0.2, 0.25) is 5.95 Å². The molecule has 0 saturated heterocycles. The van der Waals surface area contributed by atoms with Crippen LogP contribution in [-0.2, 0) is 6.42 Å². The van der Waals surface area contributed by atoms with E-state index in [1.165, 1.54) is 6.92 Å². The number of anilines is 1. The maximum absolute atomic E-state index is 12.9. The average Bonchev–Trinajstić information content (AvgIpc) is 2.89. The quantitative estimate of drug-likeness (QED) is 0.822. The van der Waals surface area contributed by atoms with Crippen molar-refractivity contribution in [2.45, 2.75) is 46.1 Å². The minimum Gasteiger partial charge on any atom is -0.355 e. The molecule has 7 nitrogen and oxygen atoms in total. The van der Waals surface area contributed by atoms with Gasteiger partial charge in [0.25, 0.3) is 5.91 Å². The molecule has 1 aliphatic rings. The highest BCUT2D eigenvalue weighted by Gasteiger charge is 2.27. The Labute approximate surface area is 153 Å². The monoisotopic (exact) mass is 355 g/mol. The van der Waals surface area contributed by atoms with Crippen LogP contribution in [-0.4, -0.2) is 40.7 Å². The van der Waals surface area contributed by atoms with Gasteiger partial charge in [0, 0.05) is 38.5 Å². The number of hydrogen-bond acceptors (Lipinski definition) is 5. The highest BCUT2D eigenvalue weighted by Crippen LogP contribution is 2.30. The molecule has 0 aliphatic heterocycles. The van der Waals surface area contributed by atoms with Crippen LogP contribution >= 0.6 is 0 Å². The van der Waals surface area contributed by atoms with Crippen molar-refractivity contribution in [1.29, 1.82) is 0 Å². The molecule has 2 N–H and O–H groups in total. The number of H-pyrrole nitrogens is 1. The van der Waals surface area contributed by atoms with E-state index in [1.807, 2.05) is 32.1 Å². The number of hydrogen-bond donors (Lipinski definition) is 2. The molecule has 2 aromatic heterocycles. The lowest BCUT2D eigenvalue weighted by atomic mass is 9.92. The smallest absolute Gasteiger partial charge is 0.253 e. The molecule has 2 heterocycles. The van der Waals surface area contributed by atoms with E-state index >= 15 is 0 Å². The van der Waals surface area contributed by atoms with Gasteiger partial charge < -0.3 is 15.2 Å². The number of amides is 1. The van der Waals surface area contributed by atoms with E-state index in [0.29, 0.717) is 28.5 Å². The Balaban J connectivity index is 1.87. The number of aromatic amines is 1. The number of carbonyl (C=O) groups is 2. The lowest BCUT2D eigenvalue weighted by Gasteiger charge is -2.26. The lowest BCUT2D eigenvalue weighted by Crippen LogP contribution is -2.32. The second kappa shape index (κ2) is 6.90. The van der Waals surface area contributed by atoms with Gasteiger partial charge in [-0.1, -0.05) is 0 Å². The van der Waals surface area contributed by atoms with Gasteiger partial charge in [-0.25, -0.2) is 9.97 Å². The summed E-state index contributed by atoms with van der Waals surface area (Å²) in [6, 6.07) is -0.114. The maximum Gasteiger partial charge on any atom is 0.253 e. The van der Waals surface area contributed by atoms with Crippen molar-refractivity contribution in [2.75, 3.05) is 19.0 Å². The van der Waals surface area contributed by atoms with Crippen molar-refractivity contribution in [1.82, 2.24) is 20.3 Å². The number of nitrogens with one attached hydrogen (secondary N) is 2. The molecule has 2 aromatic rings. The first-order chi connectivity index (χ1) is 12.3. The number of rotatable bonds is 4. The third-order valence-corrected chi connectivity index (χ3v) is 4.89.